The van der Waals surface area contributed by atoms with Crippen LogP contribution in [-0.4, -0.2) is 40.4 Å². The van der Waals surface area contributed by atoms with Crippen LogP contribution in [0.5, 0.6) is 0 Å². The third-order valence-corrected chi connectivity index (χ3v) is 4.59. The highest BCUT2D eigenvalue weighted by Crippen LogP contribution is 2.70. The molecular formula is C13H17NO6. The van der Waals surface area contributed by atoms with Crippen LogP contribution in [0.4, 0.5) is 4.79 Å². The molecule has 2 aliphatic rings. The molecule has 7 heteroatoms. The fourth-order valence-corrected chi connectivity index (χ4v) is 3.54. The molecule has 0 aliphatic heterocycles. The lowest BCUT2D eigenvalue weighted by Gasteiger charge is -2.29. The zero-order chi connectivity index (χ0) is 15.1. The van der Waals surface area contributed by atoms with Gasteiger partial charge in [-0.25, -0.2) is 9.59 Å². The van der Waals surface area contributed by atoms with Gasteiger partial charge in [-0.1, -0.05) is 12.7 Å². The van der Waals surface area contributed by atoms with Crippen molar-refractivity contribution >= 4 is 18.0 Å². The van der Waals surface area contributed by atoms with Crippen molar-refractivity contribution < 1.29 is 29.3 Å². The Balaban J connectivity index is 2.20. The third-order valence-electron chi connectivity index (χ3n) is 4.59. The summed E-state index contributed by atoms with van der Waals surface area (Å²) in [5.74, 6) is -3.08. The topological polar surface area (TPSA) is 113 Å². The Labute approximate surface area is 115 Å². The highest BCUT2D eigenvalue weighted by molar-refractivity contribution is 5.90. The Morgan fingerprint density at radius 3 is 2.50 bits per heavy atom. The average molecular weight is 283 g/mol. The predicted molar refractivity (Wildman–Crippen MR) is 67.0 cm³/mol. The van der Waals surface area contributed by atoms with E-state index in [4.69, 9.17) is 4.74 Å². The molecule has 0 spiro atoms. The summed E-state index contributed by atoms with van der Waals surface area (Å²) in [6, 6.07) is 0. The van der Waals surface area contributed by atoms with Crippen LogP contribution in [0.2, 0.25) is 0 Å². The number of hydrogen-bond acceptors (Lipinski definition) is 4. The van der Waals surface area contributed by atoms with Crippen molar-refractivity contribution in [2.45, 2.75) is 25.3 Å². The zero-order valence-electron chi connectivity index (χ0n) is 11.1. The number of carboxylic acid groups (broad SMARTS) is 2. The molecule has 4 unspecified atom stereocenters. The molecule has 110 valence electrons. The summed E-state index contributed by atoms with van der Waals surface area (Å²) in [7, 11) is 0. The van der Waals surface area contributed by atoms with E-state index in [0.29, 0.717) is 6.42 Å². The Kier molecular flexibility index (Phi) is 3.23. The fourth-order valence-electron chi connectivity index (χ4n) is 3.54. The quantitative estimate of drug-likeness (QED) is 0.645. The van der Waals surface area contributed by atoms with E-state index in [1.807, 2.05) is 0 Å². The number of fused-ring (bicyclic) bond motifs is 1. The summed E-state index contributed by atoms with van der Waals surface area (Å²) in [5.41, 5.74) is -2.65. The van der Waals surface area contributed by atoms with Crippen molar-refractivity contribution in [1.82, 2.24) is 5.32 Å². The van der Waals surface area contributed by atoms with Gasteiger partial charge in [0.15, 0.2) is 0 Å². The first-order chi connectivity index (χ1) is 9.30. The van der Waals surface area contributed by atoms with Gasteiger partial charge in [-0.3, -0.25) is 4.79 Å². The van der Waals surface area contributed by atoms with Crippen LogP contribution in [-0.2, 0) is 14.3 Å². The Morgan fingerprint density at radius 1 is 1.40 bits per heavy atom. The molecule has 7 nitrogen and oxygen atoms in total. The molecule has 0 radical (unpaired) electrons. The second kappa shape index (κ2) is 4.50. The first-order valence-electron chi connectivity index (χ1n) is 6.33. The highest BCUT2D eigenvalue weighted by Gasteiger charge is 2.79. The van der Waals surface area contributed by atoms with E-state index >= 15 is 0 Å². The second-order valence-corrected chi connectivity index (χ2v) is 5.50. The molecule has 2 fully saturated rings. The van der Waals surface area contributed by atoms with Gasteiger partial charge in [-0.05, 0) is 25.7 Å². The largest absolute Gasteiger partial charge is 0.481 e. The van der Waals surface area contributed by atoms with E-state index < -0.39 is 34.9 Å². The van der Waals surface area contributed by atoms with E-state index in [0.717, 1.165) is 0 Å². The predicted octanol–water partition coefficient (Wildman–Crippen LogP) is 0.853. The van der Waals surface area contributed by atoms with Crippen molar-refractivity contribution in [3.05, 3.63) is 12.7 Å². The van der Waals surface area contributed by atoms with Crippen LogP contribution in [0.15, 0.2) is 12.7 Å². The van der Waals surface area contributed by atoms with Crippen molar-refractivity contribution in [2.75, 3.05) is 6.61 Å². The molecule has 3 N–H and O–H groups in total. The Morgan fingerprint density at radius 2 is 2.05 bits per heavy atom. The van der Waals surface area contributed by atoms with E-state index in [9.17, 15) is 24.6 Å². The van der Waals surface area contributed by atoms with Gasteiger partial charge >= 0.3 is 18.0 Å². The van der Waals surface area contributed by atoms with Gasteiger partial charge in [-0.15, -0.1) is 0 Å². The van der Waals surface area contributed by atoms with Crippen LogP contribution in [0.3, 0.4) is 0 Å². The molecule has 0 aromatic rings. The highest BCUT2D eigenvalue weighted by atomic mass is 16.5. The van der Waals surface area contributed by atoms with Crippen LogP contribution in [0.25, 0.3) is 0 Å². The van der Waals surface area contributed by atoms with Gasteiger partial charge in [0.2, 0.25) is 0 Å². The number of rotatable bonds is 5. The van der Waals surface area contributed by atoms with Crippen LogP contribution < -0.4 is 5.32 Å². The average Bonchev–Trinajstić information content (AvgIpc) is 2.79. The Hall–Kier alpha value is -2.05. The minimum absolute atomic E-state index is 0.0359. The molecule has 2 aliphatic carbocycles. The summed E-state index contributed by atoms with van der Waals surface area (Å²) in [6.07, 6.45) is 1.17. The maximum atomic E-state index is 11.6. The van der Waals surface area contributed by atoms with Gasteiger partial charge in [0.25, 0.3) is 0 Å². The van der Waals surface area contributed by atoms with E-state index in [2.05, 4.69) is 11.9 Å². The fraction of sp³-hybridized carbons (Fsp3) is 0.615. The maximum Gasteiger partial charge on any atom is 0.408 e. The summed E-state index contributed by atoms with van der Waals surface area (Å²) < 4.78 is 4.74. The van der Waals surface area contributed by atoms with Gasteiger partial charge in [0.05, 0.1) is 5.41 Å². The lowest BCUT2D eigenvalue weighted by atomic mass is 9.84. The molecule has 0 bridgehead atoms. The minimum atomic E-state index is -1.56. The molecule has 2 saturated carbocycles. The summed E-state index contributed by atoms with van der Waals surface area (Å²) in [6.45, 7) is 4.88. The van der Waals surface area contributed by atoms with Crippen LogP contribution in [0.1, 0.15) is 19.8 Å². The van der Waals surface area contributed by atoms with Crippen molar-refractivity contribution in [2.24, 2.45) is 17.3 Å². The number of alkyl carbamates (subject to hydrolysis) is 1. The second-order valence-electron chi connectivity index (χ2n) is 5.50. The number of aliphatic carboxylic acids is 2. The lowest BCUT2D eigenvalue weighted by Crippen LogP contribution is -2.56. The Bertz CT molecular complexity index is 489. The zero-order valence-corrected chi connectivity index (χ0v) is 11.1. The molecule has 0 aromatic carbocycles. The molecule has 4 atom stereocenters. The smallest absolute Gasteiger partial charge is 0.408 e. The van der Waals surface area contributed by atoms with E-state index in [1.54, 1.807) is 0 Å². The van der Waals surface area contributed by atoms with Crippen molar-refractivity contribution in [1.29, 1.82) is 0 Å². The SMILES string of the molecule is C=CCOC(=O)NC1(C(=O)O)CCC2C1C2(C)C(=O)O. The number of ether oxygens (including phenoxy) is 1. The summed E-state index contributed by atoms with van der Waals surface area (Å²) in [4.78, 5) is 34.5. The normalized spacial score (nSPS) is 37.6. The lowest BCUT2D eigenvalue weighted by molar-refractivity contribution is -0.149. The molecule has 0 heterocycles. The number of carboxylic acids is 2. The van der Waals surface area contributed by atoms with Crippen LogP contribution >= 0.6 is 0 Å². The molecular weight excluding hydrogens is 266 g/mol. The van der Waals surface area contributed by atoms with E-state index in [1.165, 1.54) is 13.0 Å². The number of carbonyl (C=O) groups excluding carboxylic acids is 1. The molecule has 0 aromatic heterocycles. The number of nitrogens with one attached hydrogen (secondary N) is 1. The number of carbonyl (C=O) groups is 3. The van der Waals surface area contributed by atoms with Gasteiger partial charge in [0, 0.05) is 5.92 Å². The molecule has 20 heavy (non-hydrogen) atoms. The molecule has 0 saturated heterocycles. The first-order valence-corrected chi connectivity index (χ1v) is 6.33. The van der Waals surface area contributed by atoms with Gasteiger partial charge < -0.3 is 20.3 Å². The van der Waals surface area contributed by atoms with Gasteiger partial charge in [0.1, 0.15) is 12.1 Å². The summed E-state index contributed by atoms with van der Waals surface area (Å²) >= 11 is 0. The maximum absolute atomic E-state index is 11.6. The van der Waals surface area contributed by atoms with Crippen LogP contribution in [0, 0.1) is 17.3 Å². The molecule has 1 amide bonds. The van der Waals surface area contributed by atoms with E-state index in [-0.39, 0.29) is 18.9 Å². The standard InChI is InChI=1S/C13H17NO6/c1-3-6-20-11(19)14-13(10(17)18)5-4-7-8(13)12(7,2)9(15)16/h3,7-8H,1,4-6H2,2H3,(H,14,19)(H,15,16)(H,17,18). The number of hydrogen-bond donors (Lipinski definition) is 3. The third kappa shape index (κ3) is 1.76. The number of amides is 1. The summed E-state index contributed by atoms with van der Waals surface area (Å²) in [5, 5.41) is 21.1. The first kappa shape index (κ1) is 14.4. The molecule has 2 rings (SSSR count). The van der Waals surface area contributed by atoms with Crippen molar-refractivity contribution in [3.63, 3.8) is 0 Å². The monoisotopic (exact) mass is 283 g/mol. The minimum Gasteiger partial charge on any atom is -0.481 e. The van der Waals surface area contributed by atoms with Gasteiger partial charge in [-0.2, -0.15) is 0 Å². The van der Waals surface area contributed by atoms with Crippen molar-refractivity contribution in [3.8, 4) is 0 Å².